The third-order valence-corrected chi connectivity index (χ3v) is 0.526. The number of nitrogens with zero attached hydrogens (tertiary/aromatic N) is 1. The van der Waals surface area contributed by atoms with Crippen LogP contribution in [-0.4, -0.2) is 24.8 Å². The van der Waals surface area contributed by atoms with Gasteiger partial charge in [-0.25, -0.2) is 0 Å². The van der Waals surface area contributed by atoms with Crippen molar-refractivity contribution in [2.45, 2.75) is 6.92 Å². The molecule has 45 valence electrons. The standard InChI is InChI=1S/C6H10NO/c1-6(8)4-5-7(2)3/h5H,1-3H3. The summed E-state index contributed by atoms with van der Waals surface area (Å²) in [7, 11) is 3.69. The minimum atomic E-state index is -0.0429. The predicted octanol–water partition coefficient (Wildman–Crippen LogP) is 0.454. The van der Waals surface area contributed by atoms with Crippen molar-refractivity contribution in [2.24, 2.45) is 0 Å². The molecule has 2 nitrogen and oxygen atoms in total. The van der Waals surface area contributed by atoms with Gasteiger partial charge in [-0.05, 0) is 6.92 Å². The zero-order valence-electron chi connectivity index (χ0n) is 5.43. The average Bonchev–Trinajstić information content (AvgIpc) is 1.61. The van der Waals surface area contributed by atoms with E-state index in [0.29, 0.717) is 0 Å². The molecule has 0 aliphatic carbocycles. The Morgan fingerprint density at radius 1 is 1.62 bits per heavy atom. The van der Waals surface area contributed by atoms with Crippen LogP contribution in [0.25, 0.3) is 0 Å². The molecule has 0 unspecified atom stereocenters. The molecule has 0 aliphatic rings. The number of hydrogen-bond donors (Lipinski definition) is 0. The summed E-state index contributed by atoms with van der Waals surface area (Å²) in [5.41, 5.74) is 0. The fourth-order valence-electron chi connectivity index (χ4n) is 0.220. The Hall–Kier alpha value is -0.790. The highest BCUT2D eigenvalue weighted by Gasteiger charge is 1.81. The molecule has 0 N–H and O–H groups in total. The molecule has 0 aliphatic heterocycles. The highest BCUT2D eigenvalue weighted by atomic mass is 16.1. The van der Waals surface area contributed by atoms with Crippen molar-refractivity contribution in [3.05, 3.63) is 12.3 Å². The molecule has 0 saturated heterocycles. The minimum absolute atomic E-state index is 0.0429. The van der Waals surface area contributed by atoms with Gasteiger partial charge in [-0.1, -0.05) is 0 Å². The Morgan fingerprint density at radius 3 is 2.25 bits per heavy atom. The van der Waals surface area contributed by atoms with Crippen LogP contribution in [0.2, 0.25) is 0 Å². The molecule has 0 bridgehead atoms. The van der Waals surface area contributed by atoms with Gasteiger partial charge in [0.15, 0.2) is 5.78 Å². The molecule has 0 aromatic carbocycles. The largest absolute Gasteiger partial charge is 0.383 e. The van der Waals surface area contributed by atoms with Crippen LogP contribution in [0.5, 0.6) is 0 Å². The van der Waals surface area contributed by atoms with E-state index in [0.717, 1.165) is 0 Å². The van der Waals surface area contributed by atoms with E-state index < -0.39 is 0 Å². The second-order valence-electron chi connectivity index (χ2n) is 1.79. The lowest BCUT2D eigenvalue weighted by atomic mass is 10.4. The molecule has 0 aromatic rings. The Balaban J connectivity index is 3.50. The second kappa shape index (κ2) is 3.24. The number of carbonyl (C=O) groups is 1. The van der Waals surface area contributed by atoms with Crippen molar-refractivity contribution >= 4 is 5.78 Å². The lowest BCUT2D eigenvalue weighted by Gasteiger charge is -2.00. The lowest BCUT2D eigenvalue weighted by Crippen LogP contribution is -2.01. The predicted molar refractivity (Wildman–Crippen MR) is 32.2 cm³/mol. The quantitative estimate of drug-likeness (QED) is 0.483. The first-order chi connectivity index (χ1) is 3.63. The van der Waals surface area contributed by atoms with E-state index in [9.17, 15) is 4.79 Å². The normalized spacial score (nSPS) is 9.88. The number of Topliss-reactive ketones (excluding diaryl/α,β-unsaturated/α-hetero) is 1. The summed E-state index contributed by atoms with van der Waals surface area (Å²) in [6, 6.07) is 0. The molecule has 8 heavy (non-hydrogen) atoms. The van der Waals surface area contributed by atoms with Crippen LogP contribution in [0.15, 0.2) is 6.20 Å². The van der Waals surface area contributed by atoms with Crippen molar-refractivity contribution < 1.29 is 4.79 Å². The smallest absolute Gasteiger partial charge is 0.162 e. The summed E-state index contributed by atoms with van der Waals surface area (Å²) in [6.07, 6.45) is 4.11. The molecule has 0 aromatic heterocycles. The molecule has 0 heterocycles. The molecular weight excluding hydrogens is 102 g/mol. The van der Waals surface area contributed by atoms with Crippen LogP contribution in [0.3, 0.4) is 0 Å². The van der Waals surface area contributed by atoms with Gasteiger partial charge in [0.2, 0.25) is 0 Å². The van der Waals surface area contributed by atoms with Gasteiger partial charge in [0, 0.05) is 26.4 Å². The van der Waals surface area contributed by atoms with Gasteiger partial charge >= 0.3 is 0 Å². The number of carbonyl (C=O) groups excluding carboxylic acids is 1. The number of ketones is 1. The summed E-state index contributed by atoms with van der Waals surface area (Å²) >= 11 is 0. The maximum absolute atomic E-state index is 10.2. The van der Waals surface area contributed by atoms with Crippen LogP contribution < -0.4 is 0 Å². The maximum Gasteiger partial charge on any atom is 0.162 e. The van der Waals surface area contributed by atoms with Gasteiger partial charge in [0.05, 0.1) is 0 Å². The first-order valence-electron chi connectivity index (χ1n) is 2.40. The van der Waals surface area contributed by atoms with Crippen LogP contribution >= 0.6 is 0 Å². The third-order valence-electron chi connectivity index (χ3n) is 0.526. The topological polar surface area (TPSA) is 20.3 Å². The fourth-order valence-corrected chi connectivity index (χ4v) is 0.220. The lowest BCUT2D eigenvalue weighted by molar-refractivity contribution is -0.113. The van der Waals surface area contributed by atoms with Crippen molar-refractivity contribution in [3.8, 4) is 0 Å². The molecular formula is C6H10NO. The van der Waals surface area contributed by atoms with Gasteiger partial charge < -0.3 is 4.90 Å². The molecule has 0 fully saturated rings. The second-order valence-corrected chi connectivity index (χ2v) is 1.79. The van der Waals surface area contributed by atoms with Gasteiger partial charge in [0.25, 0.3) is 0 Å². The first-order valence-corrected chi connectivity index (χ1v) is 2.40. The molecule has 2 heteroatoms. The van der Waals surface area contributed by atoms with Gasteiger partial charge in [0.1, 0.15) is 0 Å². The Morgan fingerprint density at radius 2 is 2.12 bits per heavy atom. The summed E-state index contributed by atoms with van der Waals surface area (Å²) in [5.74, 6) is -0.0429. The highest BCUT2D eigenvalue weighted by molar-refractivity contribution is 5.82. The molecule has 0 rings (SSSR count). The van der Waals surface area contributed by atoms with Crippen molar-refractivity contribution in [1.82, 2.24) is 4.90 Å². The average molecular weight is 112 g/mol. The van der Waals surface area contributed by atoms with Gasteiger partial charge in [-0.15, -0.1) is 0 Å². The Bertz CT molecular complexity index is 105. The Kier molecular flexibility index (Phi) is 2.92. The van der Waals surface area contributed by atoms with Crippen LogP contribution in [0.4, 0.5) is 0 Å². The summed E-state index contributed by atoms with van der Waals surface area (Å²) in [6.45, 7) is 1.47. The third kappa shape index (κ3) is 5.21. The van der Waals surface area contributed by atoms with Gasteiger partial charge in [-0.2, -0.15) is 0 Å². The molecule has 0 atom stereocenters. The summed E-state index contributed by atoms with van der Waals surface area (Å²) < 4.78 is 0. The van der Waals surface area contributed by atoms with Crippen LogP contribution in [-0.2, 0) is 4.79 Å². The van der Waals surface area contributed by atoms with E-state index in [-0.39, 0.29) is 5.78 Å². The van der Waals surface area contributed by atoms with E-state index >= 15 is 0 Å². The maximum atomic E-state index is 10.2. The number of rotatable bonds is 2. The van der Waals surface area contributed by atoms with Crippen molar-refractivity contribution in [2.75, 3.05) is 14.1 Å². The van der Waals surface area contributed by atoms with E-state index in [1.54, 1.807) is 11.1 Å². The molecule has 1 radical (unpaired) electrons. The monoisotopic (exact) mass is 112 g/mol. The zero-order chi connectivity index (χ0) is 6.57. The van der Waals surface area contributed by atoms with Crippen LogP contribution in [0, 0.1) is 6.08 Å². The summed E-state index contributed by atoms with van der Waals surface area (Å²) in [5, 5.41) is 0. The zero-order valence-corrected chi connectivity index (χ0v) is 5.43. The fraction of sp³-hybridized carbons (Fsp3) is 0.500. The van der Waals surface area contributed by atoms with E-state index in [1.165, 1.54) is 6.92 Å². The van der Waals surface area contributed by atoms with E-state index in [4.69, 9.17) is 0 Å². The molecule has 0 saturated carbocycles. The number of hydrogen-bond acceptors (Lipinski definition) is 2. The highest BCUT2D eigenvalue weighted by Crippen LogP contribution is 1.75. The molecule has 0 spiro atoms. The number of allylic oxidation sites excluding steroid dienone is 1. The molecule has 0 amide bonds. The van der Waals surface area contributed by atoms with E-state index in [1.807, 2.05) is 14.1 Å². The summed E-state index contributed by atoms with van der Waals surface area (Å²) in [4.78, 5) is 11.9. The van der Waals surface area contributed by atoms with Crippen molar-refractivity contribution in [1.29, 1.82) is 0 Å². The van der Waals surface area contributed by atoms with Gasteiger partial charge in [-0.3, -0.25) is 4.79 Å². The van der Waals surface area contributed by atoms with Crippen molar-refractivity contribution in [3.63, 3.8) is 0 Å². The minimum Gasteiger partial charge on any atom is -0.383 e. The Labute approximate surface area is 49.8 Å². The first kappa shape index (κ1) is 7.21. The van der Waals surface area contributed by atoms with Crippen LogP contribution in [0.1, 0.15) is 6.92 Å². The van der Waals surface area contributed by atoms with E-state index in [2.05, 4.69) is 6.08 Å². The SMILES string of the molecule is CC(=O)/[C]=C/N(C)C.